The molecule has 1 aliphatic rings. The highest BCUT2D eigenvalue weighted by atomic mass is 35.5. The minimum absolute atomic E-state index is 0.0119. The van der Waals surface area contributed by atoms with Crippen LogP contribution in [-0.4, -0.2) is 28.5 Å². The van der Waals surface area contributed by atoms with Gasteiger partial charge in [0.05, 0.1) is 0 Å². The molecule has 1 aromatic carbocycles. The molecule has 2 aromatic rings. The first kappa shape index (κ1) is 13.8. The van der Waals surface area contributed by atoms with Gasteiger partial charge >= 0.3 is 0 Å². The number of amides is 1. The third-order valence-electron chi connectivity index (χ3n) is 3.08. The van der Waals surface area contributed by atoms with Crippen molar-refractivity contribution in [1.29, 1.82) is 0 Å². The maximum Gasteiger partial charge on any atom is 0.293 e. The first-order valence-electron chi connectivity index (χ1n) is 6.43. The topological polar surface area (TPSA) is 90.1 Å². The SMILES string of the molecule is N[C@H]1COc2cc(NC(=O)c3nccc(Cl)n3)ccc2C1. The number of rotatable bonds is 2. The smallest absolute Gasteiger partial charge is 0.293 e. The second-order valence-electron chi connectivity index (χ2n) is 4.75. The fourth-order valence-corrected chi connectivity index (χ4v) is 2.24. The van der Waals surface area contributed by atoms with Crippen LogP contribution in [0.5, 0.6) is 5.75 Å². The van der Waals surface area contributed by atoms with Gasteiger partial charge in [0, 0.05) is 24.0 Å². The average Bonchev–Trinajstić information content (AvgIpc) is 2.47. The summed E-state index contributed by atoms with van der Waals surface area (Å²) in [6, 6.07) is 6.97. The lowest BCUT2D eigenvalue weighted by Crippen LogP contribution is -2.33. The molecule has 21 heavy (non-hydrogen) atoms. The second kappa shape index (κ2) is 5.67. The van der Waals surface area contributed by atoms with Crippen molar-refractivity contribution in [3.63, 3.8) is 0 Å². The van der Waals surface area contributed by atoms with Crippen molar-refractivity contribution < 1.29 is 9.53 Å². The maximum atomic E-state index is 12.0. The summed E-state index contributed by atoms with van der Waals surface area (Å²) in [7, 11) is 0. The molecular weight excluding hydrogens is 292 g/mol. The quantitative estimate of drug-likeness (QED) is 0.823. The van der Waals surface area contributed by atoms with Crippen molar-refractivity contribution in [2.45, 2.75) is 12.5 Å². The molecule has 3 rings (SSSR count). The number of carbonyl (C=O) groups is 1. The van der Waals surface area contributed by atoms with E-state index in [1.54, 1.807) is 12.1 Å². The van der Waals surface area contributed by atoms with Crippen LogP contribution in [0.4, 0.5) is 5.69 Å². The third-order valence-corrected chi connectivity index (χ3v) is 3.30. The molecule has 0 saturated carbocycles. The number of ether oxygens (including phenoxy) is 1. The molecular formula is C14H13ClN4O2. The van der Waals surface area contributed by atoms with Crippen LogP contribution < -0.4 is 15.8 Å². The van der Waals surface area contributed by atoms with Crippen molar-refractivity contribution in [2.75, 3.05) is 11.9 Å². The van der Waals surface area contributed by atoms with Gasteiger partial charge < -0.3 is 15.8 Å². The van der Waals surface area contributed by atoms with Crippen LogP contribution in [0.15, 0.2) is 30.5 Å². The van der Waals surface area contributed by atoms with Gasteiger partial charge in [0.2, 0.25) is 5.82 Å². The third kappa shape index (κ3) is 3.12. The lowest BCUT2D eigenvalue weighted by Gasteiger charge is -2.22. The zero-order valence-electron chi connectivity index (χ0n) is 11.0. The van der Waals surface area contributed by atoms with Crippen LogP contribution in [0.2, 0.25) is 5.15 Å². The predicted octanol–water partition coefficient (Wildman–Crippen LogP) is 1.64. The Hall–Kier alpha value is -2.18. The van der Waals surface area contributed by atoms with E-state index >= 15 is 0 Å². The van der Waals surface area contributed by atoms with Gasteiger partial charge in [-0.3, -0.25) is 4.79 Å². The summed E-state index contributed by atoms with van der Waals surface area (Å²) in [5.41, 5.74) is 7.48. The minimum Gasteiger partial charge on any atom is -0.492 e. The number of fused-ring (bicyclic) bond motifs is 1. The first-order chi connectivity index (χ1) is 10.1. The lowest BCUT2D eigenvalue weighted by atomic mass is 10.0. The van der Waals surface area contributed by atoms with Gasteiger partial charge in [0.15, 0.2) is 0 Å². The summed E-state index contributed by atoms with van der Waals surface area (Å²) < 4.78 is 5.55. The molecule has 0 bridgehead atoms. The van der Waals surface area contributed by atoms with E-state index in [1.165, 1.54) is 12.3 Å². The molecule has 108 valence electrons. The molecule has 6 nitrogen and oxygen atoms in total. The molecule has 0 spiro atoms. The summed E-state index contributed by atoms with van der Waals surface area (Å²) in [6.07, 6.45) is 2.20. The van der Waals surface area contributed by atoms with Gasteiger partial charge in [-0.1, -0.05) is 17.7 Å². The number of hydrogen-bond donors (Lipinski definition) is 2. The lowest BCUT2D eigenvalue weighted by molar-refractivity contribution is 0.101. The van der Waals surface area contributed by atoms with Crippen molar-refractivity contribution in [3.05, 3.63) is 47.0 Å². The number of aromatic nitrogens is 2. The standard InChI is InChI=1S/C14H13ClN4O2/c15-12-3-4-17-13(19-12)14(20)18-10-2-1-8-5-9(16)7-21-11(8)6-10/h1-4,6,9H,5,7,16H2,(H,18,20)/t9-/m1/s1. The molecule has 0 radical (unpaired) electrons. The highest BCUT2D eigenvalue weighted by Crippen LogP contribution is 2.27. The Balaban J connectivity index is 1.78. The van der Waals surface area contributed by atoms with Crippen molar-refractivity contribution in [3.8, 4) is 5.75 Å². The van der Waals surface area contributed by atoms with Gasteiger partial charge in [0.25, 0.3) is 5.91 Å². The van der Waals surface area contributed by atoms with E-state index in [1.807, 2.05) is 6.07 Å². The predicted molar refractivity (Wildman–Crippen MR) is 78.6 cm³/mol. The molecule has 1 aromatic heterocycles. The molecule has 0 aliphatic carbocycles. The summed E-state index contributed by atoms with van der Waals surface area (Å²) in [4.78, 5) is 19.8. The largest absolute Gasteiger partial charge is 0.492 e. The molecule has 2 heterocycles. The fraction of sp³-hybridized carbons (Fsp3) is 0.214. The van der Waals surface area contributed by atoms with Crippen LogP contribution in [0, 0.1) is 0 Å². The van der Waals surface area contributed by atoms with E-state index in [0.29, 0.717) is 12.3 Å². The Labute approximate surface area is 126 Å². The highest BCUT2D eigenvalue weighted by molar-refractivity contribution is 6.29. The number of carbonyl (C=O) groups excluding carboxylic acids is 1. The van der Waals surface area contributed by atoms with E-state index in [-0.39, 0.29) is 17.0 Å². The maximum absolute atomic E-state index is 12.0. The van der Waals surface area contributed by atoms with Gasteiger partial charge in [-0.25, -0.2) is 9.97 Å². The highest BCUT2D eigenvalue weighted by Gasteiger charge is 2.17. The summed E-state index contributed by atoms with van der Waals surface area (Å²) in [6.45, 7) is 0.474. The van der Waals surface area contributed by atoms with E-state index in [4.69, 9.17) is 22.1 Å². The Kier molecular flexibility index (Phi) is 3.72. The molecule has 1 aliphatic heterocycles. The monoisotopic (exact) mass is 304 g/mol. The van der Waals surface area contributed by atoms with Gasteiger partial charge in [-0.15, -0.1) is 0 Å². The Morgan fingerprint density at radius 2 is 2.29 bits per heavy atom. The molecule has 1 amide bonds. The summed E-state index contributed by atoms with van der Waals surface area (Å²) in [5, 5.41) is 2.93. The number of hydrogen-bond acceptors (Lipinski definition) is 5. The summed E-state index contributed by atoms with van der Waals surface area (Å²) in [5.74, 6) is 0.328. The number of benzene rings is 1. The normalized spacial score (nSPS) is 16.8. The van der Waals surface area contributed by atoms with Crippen LogP contribution in [0.3, 0.4) is 0 Å². The van der Waals surface area contributed by atoms with Gasteiger partial charge in [-0.2, -0.15) is 0 Å². The number of nitrogens with two attached hydrogens (primary N) is 1. The summed E-state index contributed by atoms with van der Waals surface area (Å²) >= 11 is 5.74. The minimum atomic E-state index is -0.426. The van der Waals surface area contributed by atoms with Gasteiger partial charge in [-0.05, 0) is 24.1 Å². The van der Waals surface area contributed by atoms with Crippen LogP contribution in [0.25, 0.3) is 0 Å². The number of halogens is 1. The van der Waals surface area contributed by atoms with Crippen molar-refractivity contribution in [1.82, 2.24) is 9.97 Å². The molecule has 0 unspecified atom stereocenters. The van der Waals surface area contributed by atoms with E-state index in [2.05, 4.69) is 15.3 Å². The van der Waals surface area contributed by atoms with E-state index in [0.717, 1.165) is 17.7 Å². The molecule has 3 N–H and O–H groups in total. The Morgan fingerprint density at radius 3 is 3.10 bits per heavy atom. The molecule has 0 saturated heterocycles. The average molecular weight is 305 g/mol. The zero-order chi connectivity index (χ0) is 14.8. The number of anilines is 1. The van der Waals surface area contributed by atoms with Crippen molar-refractivity contribution in [2.24, 2.45) is 5.73 Å². The number of nitrogens with zero attached hydrogens (tertiary/aromatic N) is 2. The van der Waals surface area contributed by atoms with Gasteiger partial charge in [0.1, 0.15) is 17.5 Å². The Bertz CT molecular complexity index is 692. The van der Waals surface area contributed by atoms with E-state index in [9.17, 15) is 4.79 Å². The van der Waals surface area contributed by atoms with Crippen LogP contribution in [0.1, 0.15) is 16.2 Å². The number of nitrogens with one attached hydrogen (secondary N) is 1. The van der Waals surface area contributed by atoms with E-state index < -0.39 is 5.91 Å². The van der Waals surface area contributed by atoms with Crippen LogP contribution >= 0.6 is 11.6 Å². The first-order valence-corrected chi connectivity index (χ1v) is 6.81. The fourth-order valence-electron chi connectivity index (χ4n) is 2.11. The second-order valence-corrected chi connectivity index (χ2v) is 5.14. The van der Waals surface area contributed by atoms with Crippen LogP contribution in [-0.2, 0) is 6.42 Å². The molecule has 7 heteroatoms. The van der Waals surface area contributed by atoms with Crippen molar-refractivity contribution >= 4 is 23.2 Å². The Morgan fingerprint density at radius 1 is 1.43 bits per heavy atom. The molecule has 1 atom stereocenters. The molecule has 0 fully saturated rings. The zero-order valence-corrected chi connectivity index (χ0v) is 11.8.